The van der Waals surface area contributed by atoms with Crippen LogP contribution in [0.4, 0.5) is 0 Å². The molecule has 0 atom stereocenters. The van der Waals surface area contributed by atoms with Crippen LogP contribution in [0.15, 0.2) is 18.2 Å². The average molecular weight is 225 g/mol. The average Bonchev–Trinajstić information content (AvgIpc) is 2.35. The molecule has 0 radical (unpaired) electrons. The molecule has 0 unspecified atom stereocenters. The van der Waals surface area contributed by atoms with Gasteiger partial charge in [0.1, 0.15) is 6.61 Å². The molecule has 1 aromatic carbocycles. The van der Waals surface area contributed by atoms with Gasteiger partial charge in [-0.2, -0.15) is 0 Å². The third-order valence-electron chi connectivity index (χ3n) is 2.00. The Bertz CT molecular complexity index is 365. The molecule has 1 amide bonds. The van der Waals surface area contributed by atoms with Crippen LogP contribution in [0.1, 0.15) is 10.4 Å². The lowest BCUT2D eigenvalue weighted by molar-refractivity contribution is 0.0962. The largest absolute Gasteiger partial charge is 0.493 e. The monoisotopic (exact) mass is 225 g/mol. The summed E-state index contributed by atoms with van der Waals surface area (Å²) in [6, 6.07) is 4.86. The van der Waals surface area contributed by atoms with Crippen LogP contribution in [0.25, 0.3) is 0 Å². The van der Waals surface area contributed by atoms with E-state index in [1.54, 1.807) is 25.2 Å². The number of methoxy groups -OCH3 is 1. The van der Waals surface area contributed by atoms with Crippen molar-refractivity contribution in [1.82, 2.24) is 5.32 Å². The number of hydrogen-bond donors (Lipinski definition) is 2. The maximum Gasteiger partial charge on any atom is 0.251 e. The smallest absolute Gasteiger partial charge is 0.251 e. The van der Waals surface area contributed by atoms with Gasteiger partial charge in [-0.05, 0) is 18.2 Å². The minimum absolute atomic E-state index is 0.0691. The van der Waals surface area contributed by atoms with E-state index in [9.17, 15) is 4.79 Å². The summed E-state index contributed by atoms with van der Waals surface area (Å²) in [5.41, 5.74) is 0.496. The number of aliphatic hydroxyl groups is 1. The molecule has 0 aliphatic carbocycles. The lowest BCUT2D eigenvalue weighted by Crippen LogP contribution is -2.17. The van der Waals surface area contributed by atoms with Gasteiger partial charge in [-0.15, -0.1) is 0 Å². The second kappa shape index (κ2) is 5.97. The second-order valence-corrected chi connectivity index (χ2v) is 3.02. The molecule has 16 heavy (non-hydrogen) atoms. The Kier molecular flexibility index (Phi) is 4.60. The molecule has 5 nitrogen and oxygen atoms in total. The lowest BCUT2D eigenvalue weighted by atomic mass is 10.2. The van der Waals surface area contributed by atoms with Crippen LogP contribution in [-0.2, 0) is 0 Å². The standard InChI is InChI=1S/C11H15NO4/c1-12-11(14)8-3-4-9(16-6-5-13)10(7-8)15-2/h3-4,7,13H,5-6H2,1-2H3,(H,12,14). The van der Waals surface area contributed by atoms with Gasteiger partial charge in [0.25, 0.3) is 5.91 Å². The van der Waals surface area contributed by atoms with Crippen LogP contribution in [-0.4, -0.2) is 38.4 Å². The number of carbonyl (C=O) groups is 1. The maximum absolute atomic E-state index is 11.4. The Morgan fingerprint density at radius 3 is 2.75 bits per heavy atom. The van der Waals surface area contributed by atoms with Crippen LogP contribution >= 0.6 is 0 Å². The summed E-state index contributed by atoms with van der Waals surface area (Å²) >= 11 is 0. The zero-order valence-electron chi connectivity index (χ0n) is 9.32. The minimum atomic E-state index is -0.188. The number of rotatable bonds is 5. The van der Waals surface area contributed by atoms with E-state index in [0.717, 1.165) is 0 Å². The molecule has 0 bridgehead atoms. The van der Waals surface area contributed by atoms with Crippen LogP contribution in [0, 0.1) is 0 Å². The number of ether oxygens (including phenoxy) is 2. The van der Waals surface area contributed by atoms with Gasteiger partial charge in [-0.3, -0.25) is 4.79 Å². The Labute approximate surface area is 94.0 Å². The number of nitrogens with one attached hydrogen (secondary N) is 1. The van der Waals surface area contributed by atoms with Crippen molar-refractivity contribution in [3.8, 4) is 11.5 Å². The molecule has 0 saturated heterocycles. The SMILES string of the molecule is CNC(=O)c1ccc(OCCO)c(OC)c1. The molecule has 0 spiro atoms. The minimum Gasteiger partial charge on any atom is -0.493 e. The number of benzene rings is 1. The molecule has 0 fully saturated rings. The topological polar surface area (TPSA) is 67.8 Å². The summed E-state index contributed by atoms with van der Waals surface area (Å²) in [5, 5.41) is 11.2. The van der Waals surface area contributed by atoms with Crippen molar-refractivity contribution >= 4 is 5.91 Å². The van der Waals surface area contributed by atoms with E-state index in [4.69, 9.17) is 14.6 Å². The molecule has 1 rings (SSSR count). The van der Waals surface area contributed by atoms with Crippen molar-refractivity contribution in [3.63, 3.8) is 0 Å². The molecule has 0 aliphatic heterocycles. The van der Waals surface area contributed by atoms with E-state index in [2.05, 4.69) is 5.32 Å². The Morgan fingerprint density at radius 2 is 2.19 bits per heavy atom. The van der Waals surface area contributed by atoms with Gasteiger partial charge in [0.15, 0.2) is 11.5 Å². The number of amides is 1. The fraction of sp³-hybridized carbons (Fsp3) is 0.364. The molecule has 0 saturated carbocycles. The fourth-order valence-corrected chi connectivity index (χ4v) is 1.23. The zero-order chi connectivity index (χ0) is 12.0. The van der Waals surface area contributed by atoms with Crippen molar-refractivity contribution in [1.29, 1.82) is 0 Å². The van der Waals surface area contributed by atoms with Gasteiger partial charge in [0.05, 0.1) is 13.7 Å². The predicted octanol–water partition coefficient (Wildman–Crippen LogP) is 0.426. The third-order valence-corrected chi connectivity index (χ3v) is 2.00. The molecule has 1 aromatic rings. The van der Waals surface area contributed by atoms with Crippen molar-refractivity contribution in [2.45, 2.75) is 0 Å². The molecule has 0 heterocycles. The van der Waals surface area contributed by atoms with Gasteiger partial charge in [0, 0.05) is 12.6 Å². The fourth-order valence-electron chi connectivity index (χ4n) is 1.23. The summed E-state index contributed by atoms with van der Waals surface area (Å²) in [6.07, 6.45) is 0. The van der Waals surface area contributed by atoms with Crippen LogP contribution < -0.4 is 14.8 Å². The summed E-state index contributed by atoms with van der Waals surface area (Å²) in [4.78, 5) is 11.4. The molecule has 0 aliphatic rings. The first-order chi connectivity index (χ1) is 7.72. The van der Waals surface area contributed by atoms with Gasteiger partial charge < -0.3 is 19.9 Å². The number of hydrogen-bond acceptors (Lipinski definition) is 4. The van der Waals surface area contributed by atoms with Gasteiger partial charge in [0.2, 0.25) is 0 Å². The van der Waals surface area contributed by atoms with E-state index < -0.39 is 0 Å². The van der Waals surface area contributed by atoms with E-state index >= 15 is 0 Å². The first kappa shape index (κ1) is 12.3. The Balaban J connectivity index is 2.92. The lowest BCUT2D eigenvalue weighted by Gasteiger charge is -2.10. The van der Waals surface area contributed by atoms with Crippen molar-refractivity contribution in [2.75, 3.05) is 27.4 Å². The highest BCUT2D eigenvalue weighted by Gasteiger charge is 2.09. The van der Waals surface area contributed by atoms with Crippen molar-refractivity contribution in [2.24, 2.45) is 0 Å². The third kappa shape index (κ3) is 2.87. The summed E-state index contributed by atoms with van der Waals surface area (Å²) in [5.74, 6) is 0.783. The molecular weight excluding hydrogens is 210 g/mol. The molecule has 2 N–H and O–H groups in total. The first-order valence-corrected chi connectivity index (χ1v) is 4.86. The molecule has 5 heteroatoms. The number of carbonyl (C=O) groups excluding carboxylic acids is 1. The Morgan fingerprint density at radius 1 is 1.44 bits per heavy atom. The van der Waals surface area contributed by atoms with Crippen LogP contribution in [0.3, 0.4) is 0 Å². The van der Waals surface area contributed by atoms with E-state index in [0.29, 0.717) is 17.1 Å². The quantitative estimate of drug-likeness (QED) is 0.762. The normalized spacial score (nSPS) is 9.69. The van der Waals surface area contributed by atoms with Gasteiger partial charge in [-0.1, -0.05) is 0 Å². The van der Waals surface area contributed by atoms with Gasteiger partial charge in [-0.25, -0.2) is 0 Å². The molecule has 88 valence electrons. The molecular formula is C11H15NO4. The van der Waals surface area contributed by atoms with Crippen molar-refractivity contribution < 1.29 is 19.4 Å². The van der Waals surface area contributed by atoms with Crippen LogP contribution in [0.2, 0.25) is 0 Å². The zero-order valence-corrected chi connectivity index (χ0v) is 9.32. The highest BCUT2D eigenvalue weighted by atomic mass is 16.5. The van der Waals surface area contributed by atoms with E-state index in [1.807, 2.05) is 0 Å². The van der Waals surface area contributed by atoms with Gasteiger partial charge >= 0.3 is 0 Å². The van der Waals surface area contributed by atoms with E-state index in [1.165, 1.54) is 7.11 Å². The first-order valence-electron chi connectivity index (χ1n) is 4.86. The summed E-state index contributed by atoms with van der Waals surface area (Å²) in [6.45, 7) is 0.121. The highest BCUT2D eigenvalue weighted by molar-refractivity contribution is 5.94. The summed E-state index contributed by atoms with van der Waals surface area (Å²) < 4.78 is 10.3. The van der Waals surface area contributed by atoms with Crippen molar-refractivity contribution in [3.05, 3.63) is 23.8 Å². The summed E-state index contributed by atoms with van der Waals surface area (Å²) in [7, 11) is 3.06. The van der Waals surface area contributed by atoms with Crippen LogP contribution in [0.5, 0.6) is 11.5 Å². The predicted molar refractivity (Wildman–Crippen MR) is 59.0 cm³/mol. The van der Waals surface area contributed by atoms with E-state index in [-0.39, 0.29) is 19.1 Å². The highest BCUT2D eigenvalue weighted by Crippen LogP contribution is 2.27. The maximum atomic E-state index is 11.4. The Hall–Kier alpha value is -1.75. The second-order valence-electron chi connectivity index (χ2n) is 3.02. The molecule has 0 aromatic heterocycles. The number of aliphatic hydroxyl groups excluding tert-OH is 1.